The van der Waals surface area contributed by atoms with E-state index in [1.54, 1.807) is 0 Å². The summed E-state index contributed by atoms with van der Waals surface area (Å²) in [7, 11) is 0. The molecule has 2 unspecified atom stereocenters. The molecule has 1 heterocycles. The fourth-order valence-corrected chi connectivity index (χ4v) is 3.09. The highest BCUT2D eigenvalue weighted by atomic mass is 32.1. The van der Waals surface area contributed by atoms with Crippen molar-refractivity contribution >= 4 is 17.2 Å². The molecule has 0 aromatic carbocycles. The fraction of sp³-hybridized carbons (Fsp3) is 0.500. The molecule has 4 nitrogen and oxygen atoms in total. The molecule has 3 N–H and O–H groups in total. The van der Waals surface area contributed by atoms with Crippen LogP contribution in [-0.2, 0) is 11.3 Å². The number of nitrogen functional groups attached to an aromatic ring is 1. The van der Waals surface area contributed by atoms with E-state index in [1.165, 1.54) is 11.3 Å². The average Bonchev–Trinajstić information content (AvgIpc) is 2.88. The Kier molecular flexibility index (Phi) is 5.13. The minimum Gasteiger partial charge on any atom is -0.376 e. The molecule has 2 rings (SSSR count). The van der Waals surface area contributed by atoms with E-state index in [9.17, 15) is 4.79 Å². The molecule has 1 aliphatic rings. The Hall–Kier alpha value is -1.17. The third-order valence-corrected chi connectivity index (χ3v) is 4.55. The predicted molar refractivity (Wildman–Crippen MR) is 76.7 cm³/mol. The molecule has 1 aromatic heterocycles. The first-order valence-electron chi connectivity index (χ1n) is 6.52. The van der Waals surface area contributed by atoms with Crippen LogP contribution in [0.2, 0.25) is 0 Å². The smallest absolute Gasteiger partial charge is 0.275 e. The van der Waals surface area contributed by atoms with Gasteiger partial charge in [0.2, 0.25) is 0 Å². The van der Waals surface area contributed by atoms with Crippen LogP contribution in [0, 0.1) is 11.8 Å². The molecular weight excluding hydrogens is 260 g/mol. The van der Waals surface area contributed by atoms with Crippen LogP contribution in [0.15, 0.2) is 23.6 Å². The molecule has 5 heteroatoms. The highest BCUT2D eigenvalue weighted by molar-refractivity contribution is 7.12. The summed E-state index contributed by atoms with van der Waals surface area (Å²) in [5, 5.41) is 1.88. The largest absolute Gasteiger partial charge is 0.376 e. The molecule has 1 amide bonds. The summed E-state index contributed by atoms with van der Waals surface area (Å²) in [6.45, 7) is 3.47. The highest BCUT2D eigenvalue weighted by Crippen LogP contribution is 2.26. The lowest BCUT2D eigenvalue weighted by molar-refractivity contribution is 0.0673. The number of allylic oxidation sites excluding steroid dienone is 2. The number of thiophene rings is 1. The van der Waals surface area contributed by atoms with Crippen molar-refractivity contribution in [3.05, 3.63) is 34.0 Å². The summed E-state index contributed by atoms with van der Waals surface area (Å²) in [5.41, 5.74) is 3.07. The monoisotopic (exact) mass is 280 g/mol. The van der Waals surface area contributed by atoms with Crippen LogP contribution in [0.3, 0.4) is 0 Å². The lowest BCUT2D eigenvalue weighted by Gasteiger charge is -2.24. The second-order valence-electron chi connectivity index (χ2n) is 4.94. The minimum absolute atomic E-state index is 0.248. The van der Waals surface area contributed by atoms with E-state index >= 15 is 0 Å². The van der Waals surface area contributed by atoms with Gasteiger partial charge in [-0.15, -0.1) is 11.3 Å². The molecule has 1 aliphatic carbocycles. The summed E-state index contributed by atoms with van der Waals surface area (Å²) >= 11 is 1.39. The van der Waals surface area contributed by atoms with Crippen molar-refractivity contribution < 1.29 is 9.53 Å². The van der Waals surface area contributed by atoms with Crippen LogP contribution >= 0.6 is 11.3 Å². The van der Waals surface area contributed by atoms with Gasteiger partial charge in [-0.25, -0.2) is 5.84 Å². The van der Waals surface area contributed by atoms with E-state index in [0.717, 1.165) is 25.0 Å². The zero-order valence-electron chi connectivity index (χ0n) is 11.1. The molecule has 1 aromatic rings. The molecule has 2 atom stereocenters. The lowest BCUT2D eigenvalue weighted by Crippen LogP contribution is -2.30. The van der Waals surface area contributed by atoms with E-state index in [0.29, 0.717) is 23.3 Å². The number of nitrogens with two attached hydrogens (primary N) is 1. The third-order valence-electron chi connectivity index (χ3n) is 3.59. The van der Waals surface area contributed by atoms with Crippen LogP contribution in [-0.4, -0.2) is 12.5 Å². The summed E-state index contributed by atoms with van der Waals surface area (Å²) in [4.78, 5) is 12.2. The second-order valence-corrected chi connectivity index (χ2v) is 5.86. The Balaban J connectivity index is 1.84. The predicted octanol–water partition coefficient (Wildman–Crippen LogP) is 2.47. The topological polar surface area (TPSA) is 64.3 Å². The third kappa shape index (κ3) is 3.65. The molecule has 0 radical (unpaired) electrons. The Morgan fingerprint density at radius 3 is 3.05 bits per heavy atom. The molecular formula is C14H20N2O2S. The molecule has 0 bridgehead atoms. The Bertz CT molecular complexity index is 456. The summed E-state index contributed by atoms with van der Waals surface area (Å²) in [5.74, 6) is 6.15. The fourth-order valence-electron chi connectivity index (χ4n) is 2.27. The number of carbonyl (C=O) groups excluding carboxylic acids is 1. The van der Waals surface area contributed by atoms with Crippen molar-refractivity contribution in [2.24, 2.45) is 17.7 Å². The lowest BCUT2D eigenvalue weighted by atomic mass is 9.85. The number of hydrazine groups is 1. The zero-order valence-corrected chi connectivity index (χ0v) is 11.9. The number of carbonyl (C=O) groups is 1. The second kappa shape index (κ2) is 6.84. The van der Waals surface area contributed by atoms with Crippen molar-refractivity contribution in [2.45, 2.75) is 26.4 Å². The van der Waals surface area contributed by atoms with Gasteiger partial charge in [0.1, 0.15) is 0 Å². The van der Waals surface area contributed by atoms with Gasteiger partial charge in [-0.1, -0.05) is 19.1 Å². The molecule has 0 saturated heterocycles. The molecule has 19 heavy (non-hydrogen) atoms. The number of nitrogens with one attached hydrogen (secondary N) is 1. The highest BCUT2D eigenvalue weighted by Gasteiger charge is 2.19. The van der Waals surface area contributed by atoms with Crippen molar-refractivity contribution in [3.8, 4) is 0 Å². The van der Waals surface area contributed by atoms with E-state index in [1.807, 2.05) is 11.4 Å². The summed E-state index contributed by atoms with van der Waals surface area (Å²) < 4.78 is 5.78. The summed E-state index contributed by atoms with van der Waals surface area (Å²) in [6.07, 6.45) is 6.68. The molecule has 0 aliphatic heterocycles. The van der Waals surface area contributed by atoms with Gasteiger partial charge in [-0.2, -0.15) is 0 Å². The van der Waals surface area contributed by atoms with Crippen LogP contribution in [0.25, 0.3) is 0 Å². The summed E-state index contributed by atoms with van der Waals surface area (Å²) in [6, 6.07) is 1.92. The Morgan fingerprint density at radius 2 is 2.32 bits per heavy atom. The van der Waals surface area contributed by atoms with Crippen molar-refractivity contribution in [1.82, 2.24) is 5.43 Å². The number of amides is 1. The van der Waals surface area contributed by atoms with Crippen LogP contribution in [0.4, 0.5) is 0 Å². The van der Waals surface area contributed by atoms with Crippen molar-refractivity contribution in [2.75, 3.05) is 6.61 Å². The van der Waals surface area contributed by atoms with Crippen molar-refractivity contribution in [1.29, 1.82) is 0 Å². The van der Waals surface area contributed by atoms with Gasteiger partial charge < -0.3 is 4.74 Å². The van der Waals surface area contributed by atoms with E-state index in [-0.39, 0.29) is 5.91 Å². The standard InChI is InChI=1S/C14H20N2O2S/c1-10-4-2-3-5-11(10)8-18-9-12-6-7-19-13(12)14(17)16-15/h2-3,6-7,10-11H,4-5,8-9,15H2,1H3,(H,16,17). The first-order chi connectivity index (χ1) is 9.22. The zero-order chi connectivity index (χ0) is 13.7. The van der Waals surface area contributed by atoms with Gasteiger partial charge in [0.25, 0.3) is 5.91 Å². The van der Waals surface area contributed by atoms with Crippen LogP contribution < -0.4 is 11.3 Å². The molecule has 0 saturated carbocycles. The maximum Gasteiger partial charge on any atom is 0.275 e. The maximum absolute atomic E-state index is 11.5. The van der Waals surface area contributed by atoms with E-state index < -0.39 is 0 Å². The molecule has 104 valence electrons. The normalized spacial score (nSPS) is 22.4. The quantitative estimate of drug-likeness (QED) is 0.377. The Labute approximate surface area is 117 Å². The van der Waals surface area contributed by atoms with Crippen molar-refractivity contribution in [3.63, 3.8) is 0 Å². The minimum atomic E-state index is -0.248. The van der Waals surface area contributed by atoms with Gasteiger partial charge >= 0.3 is 0 Å². The van der Waals surface area contributed by atoms with Crippen LogP contribution in [0.5, 0.6) is 0 Å². The number of ether oxygens (including phenoxy) is 1. The van der Waals surface area contributed by atoms with Gasteiger partial charge in [0.05, 0.1) is 18.1 Å². The number of hydrogen-bond donors (Lipinski definition) is 2. The van der Waals surface area contributed by atoms with Gasteiger partial charge in [0.15, 0.2) is 0 Å². The van der Waals surface area contributed by atoms with Gasteiger partial charge in [0, 0.05) is 5.56 Å². The van der Waals surface area contributed by atoms with Gasteiger partial charge in [-0.05, 0) is 36.1 Å². The molecule has 0 spiro atoms. The van der Waals surface area contributed by atoms with E-state index in [2.05, 4.69) is 24.5 Å². The maximum atomic E-state index is 11.5. The van der Waals surface area contributed by atoms with Crippen LogP contribution in [0.1, 0.15) is 35.0 Å². The van der Waals surface area contributed by atoms with Gasteiger partial charge in [-0.3, -0.25) is 10.2 Å². The van der Waals surface area contributed by atoms with E-state index in [4.69, 9.17) is 10.6 Å². The molecule has 0 fully saturated rings. The number of rotatable bonds is 5. The number of hydrogen-bond acceptors (Lipinski definition) is 4. The Morgan fingerprint density at radius 1 is 1.53 bits per heavy atom. The SMILES string of the molecule is CC1CC=CCC1COCc1ccsc1C(=O)NN. The average molecular weight is 280 g/mol. The first-order valence-corrected chi connectivity index (χ1v) is 7.40. The first kappa shape index (κ1) is 14.2.